The number of rotatable bonds is 6. The van der Waals surface area contributed by atoms with Gasteiger partial charge in [0.2, 0.25) is 0 Å². The molecule has 2 N–H and O–H groups in total. The summed E-state index contributed by atoms with van der Waals surface area (Å²) in [6.07, 6.45) is 7.08. The number of hydrogen-bond donors (Lipinski definition) is 2. The average Bonchev–Trinajstić information content (AvgIpc) is 3.70. The van der Waals surface area contributed by atoms with Crippen LogP contribution in [0.3, 0.4) is 0 Å². The summed E-state index contributed by atoms with van der Waals surface area (Å²) < 4.78 is 5.97. The lowest BCUT2D eigenvalue weighted by Gasteiger charge is -2.08. The van der Waals surface area contributed by atoms with E-state index in [1.54, 1.807) is 36.1 Å². The highest BCUT2D eigenvalue weighted by molar-refractivity contribution is 7.15. The van der Waals surface area contributed by atoms with Crippen LogP contribution in [0.1, 0.15) is 10.4 Å². The number of pyridine rings is 3. The summed E-state index contributed by atoms with van der Waals surface area (Å²) in [6, 6.07) is 20.1. The highest BCUT2D eigenvalue weighted by Crippen LogP contribution is 2.34. The van der Waals surface area contributed by atoms with Crippen LogP contribution in [0.4, 0.5) is 0 Å². The van der Waals surface area contributed by atoms with E-state index in [0.717, 1.165) is 55.0 Å². The van der Waals surface area contributed by atoms with Crippen LogP contribution in [0.15, 0.2) is 85.5 Å². The maximum atomic E-state index is 5.97. The second-order valence-corrected chi connectivity index (χ2v) is 10.2. The fraction of sp³-hybridized carbons (Fsp3) is 0.0690. The molecule has 0 unspecified atom stereocenters. The third-order valence-electron chi connectivity index (χ3n) is 6.30. The maximum Gasteiger partial charge on any atom is 0.159 e. The number of H-pyrrole nitrogens is 2. The van der Waals surface area contributed by atoms with Crippen LogP contribution in [0, 0.1) is 6.92 Å². The number of fused-ring (bicyclic) bond motifs is 2. The number of aromatic nitrogens is 7. The summed E-state index contributed by atoms with van der Waals surface area (Å²) in [7, 11) is 0. The van der Waals surface area contributed by atoms with E-state index in [1.807, 2.05) is 48.5 Å². The average molecular weight is 516 g/mol. The van der Waals surface area contributed by atoms with Gasteiger partial charge in [0.05, 0.1) is 34.0 Å². The lowest BCUT2D eigenvalue weighted by Crippen LogP contribution is -1.96. The van der Waals surface area contributed by atoms with Gasteiger partial charge in [-0.15, -0.1) is 11.3 Å². The number of nitrogens with one attached hydrogen (secondary N) is 2. The first-order valence-electron chi connectivity index (χ1n) is 12.1. The fourth-order valence-electron chi connectivity index (χ4n) is 4.42. The Kier molecular flexibility index (Phi) is 5.41. The van der Waals surface area contributed by atoms with Crippen LogP contribution in [0.5, 0.6) is 5.75 Å². The molecule has 0 fully saturated rings. The molecule has 0 amide bonds. The van der Waals surface area contributed by atoms with E-state index < -0.39 is 0 Å². The second-order valence-electron chi connectivity index (χ2n) is 8.92. The smallest absolute Gasteiger partial charge is 0.159 e. The Morgan fingerprint density at radius 2 is 1.82 bits per heavy atom. The second kappa shape index (κ2) is 9.20. The van der Waals surface area contributed by atoms with Crippen molar-refractivity contribution in [3.63, 3.8) is 0 Å². The molecule has 0 aliphatic rings. The maximum absolute atomic E-state index is 5.97. The number of ether oxygens (including phenoxy) is 1. The van der Waals surface area contributed by atoms with Crippen molar-refractivity contribution in [1.29, 1.82) is 0 Å². The Morgan fingerprint density at radius 1 is 0.895 bits per heavy atom. The molecule has 0 bridgehead atoms. The number of imidazole rings is 1. The summed E-state index contributed by atoms with van der Waals surface area (Å²) in [5, 5.41) is 8.56. The summed E-state index contributed by atoms with van der Waals surface area (Å²) in [5.74, 6) is 1.35. The van der Waals surface area contributed by atoms with Crippen molar-refractivity contribution in [1.82, 2.24) is 35.1 Å². The first-order valence-corrected chi connectivity index (χ1v) is 12.9. The van der Waals surface area contributed by atoms with E-state index in [2.05, 4.69) is 49.2 Å². The van der Waals surface area contributed by atoms with E-state index in [4.69, 9.17) is 9.72 Å². The molecule has 0 saturated carbocycles. The summed E-state index contributed by atoms with van der Waals surface area (Å²) in [4.78, 5) is 24.3. The minimum Gasteiger partial charge on any atom is -0.487 e. The van der Waals surface area contributed by atoms with E-state index in [1.165, 1.54) is 4.88 Å². The summed E-state index contributed by atoms with van der Waals surface area (Å²) in [6.45, 7) is 2.56. The Labute approximate surface area is 221 Å². The Balaban J connectivity index is 1.24. The molecule has 0 atom stereocenters. The molecule has 6 heterocycles. The van der Waals surface area contributed by atoms with E-state index in [0.29, 0.717) is 18.2 Å². The normalized spacial score (nSPS) is 11.4. The number of aryl methyl sites for hydroxylation is 1. The van der Waals surface area contributed by atoms with Crippen molar-refractivity contribution in [2.24, 2.45) is 0 Å². The first kappa shape index (κ1) is 22.3. The molecule has 0 spiro atoms. The number of nitrogens with zero attached hydrogens (tertiary/aromatic N) is 5. The van der Waals surface area contributed by atoms with Crippen molar-refractivity contribution in [2.75, 3.05) is 0 Å². The number of benzene rings is 1. The zero-order chi connectivity index (χ0) is 25.5. The van der Waals surface area contributed by atoms with Gasteiger partial charge in [0, 0.05) is 28.2 Å². The molecule has 6 aromatic heterocycles. The molecule has 8 nitrogen and oxygen atoms in total. The SMILES string of the molecule is Cc1ccc(-c2nccc3[nH]c(-c4n[nH]c5cnc(-c6cncc(OCc7ccccc7)c6)cc45)nc23)s1. The first-order chi connectivity index (χ1) is 18.7. The van der Waals surface area contributed by atoms with Crippen molar-refractivity contribution in [3.8, 4) is 39.1 Å². The van der Waals surface area contributed by atoms with Crippen LogP contribution in [-0.2, 0) is 6.61 Å². The quantitative estimate of drug-likeness (QED) is 0.259. The molecule has 0 radical (unpaired) electrons. The van der Waals surface area contributed by atoms with Crippen molar-refractivity contribution in [2.45, 2.75) is 13.5 Å². The van der Waals surface area contributed by atoms with Crippen LogP contribution < -0.4 is 4.74 Å². The molecule has 9 heteroatoms. The molecule has 184 valence electrons. The van der Waals surface area contributed by atoms with E-state index >= 15 is 0 Å². The number of aromatic amines is 2. The van der Waals surface area contributed by atoms with Gasteiger partial charge in [-0.1, -0.05) is 30.3 Å². The van der Waals surface area contributed by atoms with E-state index in [9.17, 15) is 0 Å². The van der Waals surface area contributed by atoms with Gasteiger partial charge in [-0.2, -0.15) is 5.10 Å². The standard InChI is InChI=1S/C29H21N7OS/c1-17-7-8-25(38-17)28-27-22(9-10-31-28)33-29(34-27)26-21-12-23(32-15-24(21)35-36-26)19-11-20(14-30-13-19)37-16-18-5-3-2-4-6-18/h2-15H,16H2,1H3,(H,33,34)(H,35,36). The minimum atomic E-state index is 0.470. The van der Waals surface area contributed by atoms with Gasteiger partial charge >= 0.3 is 0 Å². The van der Waals surface area contributed by atoms with Gasteiger partial charge < -0.3 is 9.72 Å². The van der Waals surface area contributed by atoms with Gasteiger partial charge in [-0.25, -0.2) is 4.98 Å². The van der Waals surface area contributed by atoms with Crippen LogP contribution in [0.2, 0.25) is 0 Å². The highest BCUT2D eigenvalue weighted by Gasteiger charge is 2.17. The Bertz CT molecular complexity index is 1910. The van der Waals surface area contributed by atoms with Crippen LogP contribution in [-0.4, -0.2) is 35.1 Å². The van der Waals surface area contributed by atoms with Crippen LogP contribution >= 0.6 is 11.3 Å². The number of thiophene rings is 1. The molecule has 0 aliphatic carbocycles. The fourth-order valence-corrected chi connectivity index (χ4v) is 5.29. The largest absolute Gasteiger partial charge is 0.487 e. The molecular formula is C29H21N7OS. The van der Waals surface area contributed by atoms with Crippen molar-refractivity contribution in [3.05, 3.63) is 95.9 Å². The topological polar surface area (TPSA) is 105 Å². The summed E-state index contributed by atoms with van der Waals surface area (Å²) >= 11 is 1.71. The third kappa shape index (κ3) is 4.08. The molecule has 0 aliphatic heterocycles. The van der Waals surface area contributed by atoms with Crippen molar-refractivity contribution < 1.29 is 4.74 Å². The monoisotopic (exact) mass is 515 g/mol. The molecule has 0 saturated heterocycles. The zero-order valence-electron chi connectivity index (χ0n) is 20.3. The van der Waals surface area contributed by atoms with Gasteiger partial charge in [0.1, 0.15) is 29.3 Å². The Morgan fingerprint density at radius 3 is 2.68 bits per heavy atom. The number of hydrogen-bond acceptors (Lipinski definition) is 7. The lowest BCUT2D eigenvalue weighted by molar-refractivity contribution is 0.305. The molecule has 38 heavy (non-hydrogen) atoms. The van der Waals surface area contributed by atoms with E-state index in [-0.39, 0.29) is 0 Å². The van der Waals surface area contributed by atoms with Crippen LogP contribution in [0.25, 0.3) is 55.3 Å². The lowest BCUT2D eigenvalue weighted by atomic mass is 10.1. The molecular weight excluding hydrogens is 494 g/mol. The predicted molar refractivity (Wildman–Crippen MR) is 149 cm³/mol. The minimum absolute atomic E-state index is 0.470. The van der Waals surface area contributed by atoms with Gasteiger partial charge in [0.15, 0.2) is 5.82 Å². The van der Waals surface area contributed by atoms with Crippen molar-refractivity contribution >= 4 is 33.3 Å². The summed E-state index contributed by atoms with van der Waals surface area (Å²) in [5.41, 5.74) is 6.86. The predicted octanol–water partition coefficient (Wildman–Crippen LogP) is 6.57. The molecule has 7 aromatic rings. The molecule has 1 aromatic carbocycles. The van der Waals surface area contributed by atoms with Gasteiger partial charge in [-0.3, -0.25) is 20.1 Å². The highest BCUT2D eigenvalue weighted by atomic mass is 32.1. The Hall–Kier alpha value is -4.89. The third-order valence-corrected chi connectivity index (χ3v) is 7.31. The zero-order valence-corrected chi connectivity index (χ0v) is 21.2. The van der Waals surface area contributed by atoms with Gasteiger partial charge in [-0.05, 0) is 42.8 Å². The van der Waals surface area contributed by atoms with Gasteiger partial charge in [0.25, 0.3) is 0 Å². The molecule has 7 rings (SSSR count).